The fourth-order valence-corrected chi connectivity index (χ4v) is 3.67. The number of nitrogens with one attached hydrogen (secondary N) is 3. The minimum Gasteiger partial charge on any atom is -0.383 e. The SMILES string of the molecule is COCCN1CCc2nc(-c3[nH]ncc3NC(=O)c3onc4ccccc34)[nH]c2C1. The highest BCUT2D eigenvalue weighted by atomic mass is 16.5. The molecule has 4 heterocycles. The quantitative estimate of drug-likeness (QED) is 0.447. The van der Waals surface area contributed by atoms with E-state index < -0.39 is 5.91 Å². The van der Waals surface area contributed by atoms with Crippen molar-refractivity contribution in [3.8, 4) is 11.5 Å². The van der Waals surface area contributed by atoms with E-state index in [0.717, 1.165) is 37.4 Å². The third kappa shape index (κ3) is 3.36. The number of carbonyl (C=O) groups is 1. The standard InChI is InChI=1S/C20H21N7O3/c1-29-9-8-27-7-6-14-16(11-27)23-19(22-14)17-15(10-21-25-17)24-20(28)18-12-4-2-3-5-13(12)26-30-18/h2-5,10H,6-9,11H2,1H3,(H,21,25)(H,22,23)(H,24,28). The number of aromatic nitrogens is 5. The summed E-state index contributed by atoms with van der Waals surface area (Å²) in [6.07, 6.45) is 2.41. The Bertz CT molecular complexity index is 1190. The first-order valence-corrected chi connectivity index (χ1v) is 9.71. The Hall–Kier alpha value is -3.50. The summed E-state index contributed by atoms with van der Waals surface area (Å²) in [7, 11) is 1.71. The number of methoxy groups -OCH3 is 1. The molecule has 0 saturated heterocycles. The zero-order valence-corrected chi connectivity index (χ0v) is 16.4. The van der Waals surface area contributed by atoms with Crippen LogP contribution in [-0.2, 0) is 17.7 Å². The van der Waals surface area contributed by atoms with Crippen LogP contribution in [0.1, 0.15) is 21.9 Å². The van der Waals surface area contributed by atoms with Crippen molar-refractivity contribution in [1.29, 1.82) is 0 Å². The van der Waals surface area contributed by atoms with Gasteiger partial charge in [0.25, 0.3) is 5.91 Å². The lowest BCUT2D eigenvalue weighted by atomic mass is 10.1. The molecule has 5 rings (SSSR count). The predicted molar refractivity (Wildman–Crippen MR) is 109 cm³/mol. The van der Waals surface area contributed by atoms with Gasteiger partial charge in [0.15, 0.2) is 5.82 Å². The van der Waals surface area contributed by atoms with Gasteiger partial charge in [-0.2, -0.15) is 5.10 Å². The maximum absolute atomic E-state index is 12.8. The molecule has 10 nitrogen and oxygen atoms in total. The van der Waals surface area contributed by atoms with Crippen molar-refractivity contribution in [2.75, 3.05) is 32.1 Å². The van der Waals surface area contributed by atoms with Gasteiger partial charge in [-0.1, -0.05) is 17.3 Å². The number of H-pyrrole nitrogens is 2. The molecular formula is C20H21N7O3. The molecule has 10 heteroatoms. The van der Waals surface area contributed by atoms with Crippen LogP contribution in [0.4, 0.5) is 5.69 Å². The minimum atomic E-state index is -0.395. The van der Waals surface area contributed by atoms with E-state index in [1.165, 1.54) is 0 Å². The number of imidazole rings is 1. The van der Waals surface area contributed by atoms with Crippen molar-refractivity contribution in [2.24, 2.45) is 0 Å². The van der Waals surface area contributed by atoms with Crippen molar-refractivity contribution >= 4 is 22.5 Å². The minimum absolute atomic E-state index is 0.158. The first-order chi connectivity index (χ1) is 14.7. The third-order valence-corrected chi connectivity index (χ3v) is 5.24. The number of nitrogens with zero attached hydrogens (tertiary/aromatic N) is 4. The second-order valence-corrected chi connectivity index (χ2v) is 7.17. The molecule has 0 bridgehead atoms. The summed E-state index contributed by atoms with van der Waals surface area (Å²) in [5, 5.41) is 14.4. The summed E-state index contributed by atoms with van der Waals surface area (Å²) in [5.74, 6) is 0.405. The number of rotatable bonds is 6. The van der Waals surface area contributed by atoms with Gasteiger partial charge in [0.05, 0.1) is 35.3 Å². The molecule has 3 aromatic heterocycles. The summed E-state index contributed by atoms with van der Waals surface area (Å²) in [6.45, 7) is 3.29. The first-order valence-electron chi connectivity index (χ1n) is 9.71. The molecule has 1 aliphatic rings. The van der Waals surface area contributed by atoms with Crippen molar-refractivity contribution in [3.05, 3.63) is 47.6 Å². The van der Waals surface area contributed by atoms with E-state index in [9.17, 15) is 4.79 Å². The molecule has 0 spiro atoms. The van der Waals surface area contributed by atoms with Gasteiger partial charge in [-0.05, 0) is 12.1 Å². The Balaban J connectivity index is 1.37. The van der Waals surface area contributed by atoms with Crippen LogP contribution < -0.4 is 5.32 Å². The number of fused-ring (bicyclic) bond motifs is 2. The first kappa shape index (κ1) is 18.5. The van der Waals surface area contributed by atoms with Crippen LogP contribution in [0.2, 0.25) is 0 Å². The Morgan fingerprint density at radius 1 is 1.37 bits per heavy atom. The highest BCUT2D eigenvalue weighted by Gasteiger charge is 2.23. The van der Waals surface area contributed by atoms with Crippen LogP contribution in [0.15, 0.2) is 35.0 Å². The maximum atomic E-state index is 12.8. The molecular weight excluding hydrogens is 386 g/mol. The fourth-order valence-electron chi connectivity index (χ4n) is 3.67. The molecule has 0 fully saturated rings. The Labute approximate surface area is 171 Å². The Morgan fingerprint density at radius 3 is 3.17 bits per heavy atom. The molecule has 3 N–H and O–H groups in total. The number of aromatic amines is 2. The van der Waals surface area contributed by atoms with E-state index in [1.807, 2.05) is 12.1 Å². The number of hydrogen-bond acceptors (Lipinski definition) is 7. The summed E-state index contributed by atoms with van der Waals surface area (Å²) >= 11 is 0. The number of carbonyl (C=O) groups excluding carboxylic acids is 1. The average Bonchev–Trinajstić information content (AvgIpc) is 3.49. The van der Waals surface area contributed by atoms with Gasteiger partial charge >= 0.3 is 0 Å². The predicted octanol–water partition coefficient (Wildman–Crippen LogP) is 2.20. The maximum Gasteiger partial charge on any atom is 0.295 e. The zero-order valence-electron chi connectivity index (χ0n) is 16.4. The van der Waals surface area contributed by atoms with E-state index in [-0.39, 0.29) is 5.76 Å². The van der Waals surface area contributed by atoms with E-state index in [2.05, 4.69) is 30.6 Å². The number of amides is 1. The zero-order chi connectivity index (χ0) is 20.5. The van der Waals surface area contributed by atoms with E-state index in [0.29, 0.717) is 34.7 Å². The van der Waals surface area contributed by atoms with Gasteiger partial charge in [0.2, 0.25) is 5.76 Å². The van der Waals surface area contributed by atoms with Gasteiger partial charge < -0.3 is 19.6 Å². The van der Waals surface area contributed by atoms with E-state index >= 15 is 0 Å². The molecule has 1 aliphatic heterocycles. The normalized spacial score (nSPS) is 14.2. The van der Waals surface area contributed by atoms with Crippen LogP contribution in [0.3, 0.4) is 0 Å². The lowest BCUT2D eigenvalue weighted by Crippen LogP contribution is -2.33. The lowest BCUT2D eigenvalue weighted by molar-refractivity contribution is 0.0990. The summed E-state index contributed by atoms with van der Waals surface area (Å²) < 4.78 is 10.4. The van der Waals surface area contributed by atoms with Crippen molar-refractivity contribution in [1.82, 2.24) is 30.2 Å². The Morgan fingerprint density at radius 2 is 2.27 bits per heavy atom. The molecule has 0 aliphatic carbocycles. The molecule has 30 heavy (non-hydrogen) atoms. The molecule has 1 aromatic carbocycles. The molecule has 1 amide bonds. The van der Waals surface area contributed by atoms with Crippen LogP contribution in [0.25, 0.3) is 22.4 Å². The molecule has 0 radical (unpaired) electrons. The van der Waals surface area contributed by atoms with Gasteiger partial charge in [-0.15, -0.1) is 0 Å². The molecule has 154 valence electrons. The van der Waals surface area contributed by atoms with Crippen molar-refractivity contribution in [3.63, 3.8) is 0 Å². The molecule has 0 atom stereocenters. The Kier molecular flexibility index (Phi) is 4.77. The van der Waals surface area contributed by atoms with Crippen LogP contribution in [0, 0.1) is 0 Å². The largest absolute Gasteiger partial charge is 0.383 e. The number of hydrogen-bond donors (Lipinski definition) is 3. The fraction of sp³-hybridized carbons (Fsp3) is 0.300. The second-order valence-electron chi connectivity index (χ2n) is 7.17. The molecule has 4 aromatic rings. The van der Waals surface area contributed by atoms with Gasteiger partial charge in [0.1, 0.15) is 11.2 Å². The summed E-state index contributed by atoms with van der Waals surface area (Å²) in [6, 6.07) is 7.27. The third-order valence-electron chi connectivity index (χ3n) is 5.24. The van der Waals surface area contributed by atoms with Crippen molar-refractivity contribution < 1.29 is 14.1 Å². The lowest BCUT2D eigenvalue weighted by Gasteiger charge is -2.25. The average molecular weight is 407 g/mol. The highest BCUT2D eigenvalue weighted by Crippen LogP contribution is 2.27. The van der Waals surface area contributed by atoms with E-state index in [1.54, 1.807) is 25.4 Å². The van der Waals surface area contributed by atoms with E-state index in [4.69, 9.17) is 14.2 Å². The monoisotopic (exact) mass is 407 g/mol. The van der Waals surface area contributed by atoms with Gasteiger partial charge in [-0.25, -0.2) is 4.98 Å². The number of benzene rings is 1. The van der Waals surface area contributed by atoms with Crippen LogP contribution >= 0.6 is 0 Å². The highest BCUT2D eigenvalue weighted by molar-refractivity contribution is 6.11. The second kappa shape index (κ2) is 7.73. The molecule has 0 saturated carbocycles. The van der Waals surface area contributed by atoms with Crippen LogP contribution in [0.5, 0.6) is 0 Å². The molecule has 0 unspecified atom stereocenters. The summed E-state index contributed by atoms with van der Waals surface area (Å²) in [5.41, 5.74) is 3.87. The van der Waals surface area contributed by atoms with Gasteiger partial charge in [-0.3, -0.25) is 14.8 Å². The smallest absolute Gasteiger partial charge is 0.295 e. The topological polar surface area (TPSA) is 125 Å². The van der Waals surface area contributed by atoms with Crippen molar-refractivity contribution in [2.45, 2.75) is 13.0 Å². The van der Waals surface area contributed by atoms with Gasteiger partial charge in [0, 0.05) is 33.2 Å². The van der Waals surface area contributed by atoms with Crippen LogP contribution in [-0.4, -0.2) is 62.9 Å². The number of anilines is 1. The number of ether oxygens (including phenoxy) is 1. The summed E-state index contributed by atoms with van der Waals surface area (Å²) in [4.78, 5) is 23.2.